The Hall–Kier alpha value is -1.62. The number of carbonyl (C=O) groups is 2. The number of fused-ring (bicyclic) bond motifs is 2. The minimum atomic E-state index is -0.925. The lowest BCUT2D eigenvalue weighted by Gasteiger charge is -2.56. The van der Waals surface area contributed by atoms with Crippen LogP contribution >= 0.6 is 0 Å². The predicted molar refractivity (Wildman–Crippen MR) is 86.0 cm³/mol. The summed E-state index contributed by atoms with van der Waals surface area (Å²) in [7, 11) is 0. The van der Waals surface area contributed by atoms with Crippen molar-refractivity contribution in [3.8, 4) is 0 Å². The first kappa shape index (κ1) is 14.7. The van der Waals surface area contributed by atoms with Crippen LogP contribution in [0, 0.1) is 29.1 Å². The number of likely N-dealkylation sites (tertiary alicyclic amines) is 1. The summed E-state index contributed by atoms with van der Waals surface area (Å²) >= 11 is 0. The lowest BCUT2D eigenvalue weighted by Crippen LogP contribution is -2.50. The number of hydrogen-bond acceptors (Lipinski definition) is 3. The number of nitrogens with zero attached hydrogens (tertiary/aromatic N) is 1. The zero-order valence-electron chi connectivity index (χ0n) is 14.1. The number of aliphatic carboxylic acids is 1. The Morgan fingerprint density at radius 2 is 2.25 bits per heavy atom. The average Bonchev–Trinajstić information content (AvgIpc) is 3.16. The van der Waals surface area contributed by atoms with Gasteiger partial charge in [0.25, 0.3) is 0 Å². The number of rotatable bonds is 3. The summed E-state index contributed by atoms with van der Waals surface area (Å²) in [5.41, 5.74) is 0.981. The third-order valence-corrected chi connectivity index (χ3v) is 7.42. The zero-order valence-corrected chi connectivity index (χ0v) is 14.1. The Balaban J connectivity index is 1.40. The summed E-state index contributed by atoms with van der Waals surface area (Å²) < 4.78 is 5.95. The maximum Gasteiger partial charge on any atom is 0.310 e. The van der Waals surface area contributed by atoms with Gasteiger partial charge in [-0.3, -0.25) is 9.59 Å². The molecule has 0 unspecified atom stereocenters. The van der Waals surface area contributed by atoms with E-state index in [0.29, 0.717) is 24.4 Å². The van der Waals surface area contributed by atoms with Crippen molar-refractivity contribution in [2.24, 2.45) is 29.1 Å². The molecule has 3 aliphatic heterocycles. The van der Waals surface area contributed by atoms with Crippen LogP contribution in [0.1, 0.15) is 26.7 Å². The highest BCUT2D eigenvalue weighted by atomic mass is 16.5. The van der Waals surface area contributed by atoms with Crippen molar-refractivity contribution in [3.63, 3.8) is 0 Å². The predicted octanol–water partition coefficient (Wildman–Crippen LogP) is 1.85. The van der Waals surface area contributed by atoms with E-state index in [-0.39, 0.29) is 5.91 Å². The molecule has 1 N–H and O–H groups in total. The lowest BCUT2D eigenvalue weighted by molar-refractivity contribution is -0.148. The first-order chi connectivity index (χ1) is 11.3. The smallest absolute Gasteiger partial charge is 0.310 e. The van der Waals surface area contributed by atoms with E-state index in [0.717, 1.165) is 12.3 Å². The van der Waals surface area contributed by atoms with Gasteiger partial charge in [0.15, 0.2) is 0 Å². The van der Waals surface area contributed by atoms with Gasteiger partial charge in [-0.2, -0.15) is 0 Å². The Bertz CT molecular complexity index is 708. The standard InChI is InChI=1S/C19H23NO4/c1-18(2)11-4-3-10(12(18)7-11)8-20-9-19-6-5-13(24-19)14(17(22)23)15(19)16(20)21/h3,5-6,11-15H,4,7-9H2,1-2H3,(H,22,23)/t11-,12-,13-,14+,15-,19+/m0/s1. The first-order valence-corrected chi connectivity index (χ1v) is 8.91. The number of amides is 1. The van der Waals surface area contributed by atoms with Gasteiger partial charge in [-0.25, -0.2) is 0 Å². The molecule has 0 aromatic rings. The Kier molecular flexibility index (Phi) is 2.64. The number of carboxylic acids is 1. The maximum atomic E-state index is 13.0. The molecule has 6 aliphatic rings. The van der Waals surface area contributed by atoms with Gasteiger partial charge >= 0.3 is 5.97 Å². The van der Waals surface area contributed by atoms with E-state index in [4.69, 9.17) is 4.74 Å². The fourth-order valence-corrected chi connectivity index (χ4v) is 5.87. The van der Waals surface area contributed by atoms with Gasteiger partial charge in [0, 0.05) is 6.54 Å². The number of allylic oxidation sites excluding steroid dienone is 1. The Morgan fingerprint density at radius 1 is 1.46 bits per heavy atom. The molecule has 0 aromatic heterocycles. The van der Waals surface area contributed by atoms with Crippen LogP contribution in [0.2, 0.25) is 0 Å². The molecule has 3 fully saturated rings. The zero-order chi connectivity index (χ0) is 16.9. The van der Waals surface area contributed by atoms with Gasteiger partial charge in [0.05, 0.1) is 18.6 Å². The van der Waals surface area contributed by atoms with E-state index in [1.807, 2.05) is 17.1 Å². The molecular weight excluding hydrogens is 306 g/mol. The van der Waals surface area contributed by atoms with E-state index in [1.165, 1.54) is 12.0 Å². The van der Waals surface area contributed by atoms with Crippen molar-refractivity contribution >= 4 is 11.9 Å². The monoisotopic (exact) mass is 329 g/mol. The summed E-state index contributed by atoms with van der Waals surface area (Å²) in [6.45, 7) is 5.77. The maximum absolute atomic E-state index is 13.0. The molecule has 128 valence electrons. The van der Waals surface area contributed by atoms with Crippen LogP contribution in [0.5, 0.6) is 0 Å². The molecule has 1 spiro atoms. The van der Waals surface area contributed by atoms with Crippen LogP contribution in [-0.2, 0) is 14.3 Å². The molecule has 2 saturated heterocycles. The Labute approximate surface area is 141 Å². The van der Waals surface area contributed by atoms with Crippen molar-refractivity contribution in [3.05, 3.63) is 23.8 Å². The topological polar surface area (TPSA) is 66.8 Å². The van der Waals surface area contributed by atoms with Crippen LogP contribution in [-0.4, -0.2) is 46.7 Å². The molecule has 3 heterocycles. The number of carboxylic acid groups (broad SMARTS) is 1. The highest BCUT2D eigenvalue weighted by Gasteiger charge is 2.67. The van der Waals surface area contributed by atoms with Crippen molar-refractivity contribution in [2.75, 3.05) is 13.1 Å². The average molecular weight is 329 g/mol. The van der Waals surface area contributed by atoms with Gasteiger partial charge in [-0.15, -0.1) is 0 Å². The molecule has 24 heavy (non-hydrogen) atoms. The summed E-state index contributed by atoms with van der Waals surface area (Å²) in [4.78, 5) is 26.4. The van der Waals surface area contributed by atoms with Crippen LogP contribution in [0.15, 0.2) is 23.8 Å². The molecule has 6 rings (SSSR count). The number of carbonyl (C=O) groups excluding carboxylic acids is 1. The minimum absolute atomic E-state index is 0.0468. The number of ether oxygens (including phenoxy) is 1. The number of hydrogen-bond donors (Lipinski definition) is 1. The van der Waals surface area contributed by atoms with E-state index in [1.54, 1.807) is 0 Å². The van der Waals surface area contributed by atoms with E-state index >= 15 is 0 Å². The van der Waals surface area contributed by atoms with Crippen LogP contribution in [0.25, 0.3) is 0 Å². The van der Waals surface area contributed by atoms with Crippen LogP contribution in [0.4, 0.5) is 0 Å². The SMILES string of the molecule is CC1(C)[C@H]2CC=C(CN3C[C@@]45C=C[C@H](O4)[C@@H](C(=O)O)[C@H]5C3=O)[C@@H]1C2. The van der Waals surface area contributed by atoms with Crippen LogP contribution in [0.3, 0.4) is 0 Å². The second-order valence-electron chi connectivity index (χ2n) is 8.75. The molecule has 6 atom stereocenters. The van der Waals surface area contributed by atoms with Crippen molar-refractivity contribution in [1.29, 1.82) is 0 Å². The van der Waals surface area contributed by atoms with E-state index in [9.17, 15) is 14.7 Å². The molecule has 1 saturated carbocycles. The molecule has 5 nitrogen and oxygen atoms in total. The molecule has 4 bridgehead atoms. The van der Waals surface area contributed by atoms with E-state index in [2.05, 4.69) is 19.9 Å². The van der Waals surface area contributed by atoms with Crippen molar-refractivity contribution in [1.82, 2.24) is 4.90 Å². The molecule has 5 heteroatoms. The molecule has 1 amide bonds. The quantitative estimate of drug-likeness (QED) is 0.803. The van der Waals surface area contributed by atoms with Gasteiger partial charge in [0.2, 0.25) is 5.91 Å². The normalized spacial score (nSPS) is 46.8. The van der Waals surface area contributed by atoms with E-state index < -0.39 is 29.5 Å². The second kappa shape index (κ2) is 4.31. The lowest BCUT2D eigenvalue weighted by atomic mass is 9.49. The second-order valence-corrected chi connectivity index (χ2v) is 8.75. The van der Waals surface area contributed by atoms with Gasteiger partial charge in [0.1, 0.15) is 11.5 Å². The summed E-state index contributed by atoms with van der Waals surface area (Å²) in [5.74, 6) is -0.934. The third kappa shape index (κ3) is 1.59. The molecular formula is C19H23NO4. The van der Waals surface area contributed by atoms with Crippen molar-refractivity contribution in [2.45, 2.75) is 38.4 Å². The highest BCUT2D eigenvalue weighted by Crippen LogP contribution is 2.60. The summed E-state index contributed by atoms with van der Waals surface area (Å²) in [5, 5.41) is 9.53. The Morgan fingerprint density at radius 3 is 2.92 bits per heavy atom. The summed E-state index contributed by atoms with van der Waals surface area (Å²) in [6.07, 6.45) is 7.95. The molecule has 3 aliphatic carbocycles. The van der Waals surface area contributed by atoms with Crippen molar-refractivity contribution < 1.29 is 19.4 Å². The third-order valence-electron chi connectivity index (χ3n) is 7.42. The largest absolute Gasteiger partial charge is 0.481 e. The molecule has 0 aromatic carbocycles. The fourth-order valence-electron chi connectivity index (χ4n) is 5.87. The molecule has 0 radical (unpaired) electrons. The fraction of sp³-hybridized carbons (Fsp3) is 0.684. The van der Waals surface area contributed by atoms with Gasteiger partial charge in [-0.05, 0) is 30.1 Å². The van der Waals surface area contributed by atoms with Gasteiger partial charge in [-0.1, -0.05) is 37.6 Å². The minimum Gasteiger partial charge on any atom is -0.481 e. The first-order valence-electron chi connectivity index (χ1n) is 8.91. The summed E-state index contributed by atoms with van der Waals surface area (Å²) in [6, 6.07) is 0. The highest BCUT2D eigenvalue weighted by molar-refractivity contribution is 5.90. The van der Waals surface area contributed by atoms with Crippen LogP contribution < -0.4 is 0 Å². The van der Waals surface area contributed by atoms with Gasteiger partial charge < -0.3 is 14.7 Å².